The SMILES string of the molecule is CCC(C)C1NC(=O)CNC(=O)C2Cc3c([nH]c4cc(O)ccc34)[S+]([O-])CC(NC(=O)CNC1=O)C(=O)NC(CC(N)=O)C(=O)N1CC(O)CC1C(=O)NC(C(C)C(O)COC(=O)NCCCCCC(=O)NC)C(=O)N2. The third-order valence-corrected chi connectivity index (χ3v) is 14.8. The van der Waals surface area contributed by atoms with Crippen molar-refractivity contribution in [3.05, 3.63) is 23.8 Å². The summed E-state index contributed by atoms with van der Waals surface area (Å²) < 4.78 is 20.0. The number of nitrogens with two attached hydrogens (primary N) is 1. The minimum absolute atomic E-state index is 0.0481. The fraction of sp³-hybridized carbons (Fsp3) is 0.596. The molecule has 4 heterocycles. The molecular weight excluding hydrogens is 1020 g/mol. The van der Waals surface area contributed by atoms with Gasteiger partial charge in [0.15, 0.2) is 6.04 Å². The molecule has 76 heavy (non-hydrogen) atoms. The van der Waals surface area contributed by atoms with Gasteiger partial charge in [0, 0.05) is 73.5 Å². The van der Waals surface area contributed by atoms with Crippen LogP contribution in [0.3, 0.4) is 0 Å². The van der Waals surface area contributed by atoms with Crippen LogP contribution >= 0.6 is 0 Å². The van der Waals surface area contributed by atoms with E-state index < -0.39 is 182 Å². The van der Waals surface area contributed by atoms with Gasteiger partial charge in [-0.3, -0.25) is 47.9 Å². The molecule has 28 nitrogen and oxygen atoms in total. The van der Waals surface area contributed by atoms with E-state index in [1.54, 1.807) is 13.8 Å². The summed E-state index contributed by atoms with van der Waals surface area (Å²) >= 11 is -2.43. The van der Waals surface area contributed by atoms with Crippen LogP contribution in [0.5, 0.6) is 5.75 Å². The van der Waals surface area contributed by atoms with E-state index in [1.807, 2.05) is 0 Å². The highest BCUT2D eigenvalue weighted by atomic mass is 32.2. The predicted molar refractivity (Wildman–Crippen MR) is 267 cm³/mol. The van der Waals surface area contributed by atoms with Gasteiger partial charge in [0.1, 0.15) is 48.3 Å². The molecule has 0 aliphatic carbocycles. The van der Waals surface area contributed by atoms with Gasteiger partial charge >= 0.3 is 6.09 Å². The van der Waals surface area contributed by atoms with Crippen molar-refractivity contribution in [3.8, 4) is 5.75 Å². The summed E-state index contributed by atoms with van der Waals surface area (Å²) in [5.74, 6) is -12.6. The molecule has 15 N–H and O–H groups in total. The molecule has 11 unspecified atom stereocenters. The van der Waals surface area contributed by atoms with Crippen LogP contribution in [0.15, 0.2) is 23.2 Å². The number of carbonyl (C=O) groups is 11. The number of rotatable bonds is 14. The molecule has 3 aliphatic heterocycles. The zero-order chi connectivity index (χ0) is 56.0. The van der Waals surface area contributed by atoms with Gasteiger partial charge < -0.3 is 88.1 Å². The van der Waals surface area contributed by atoms with E-state index in [0.717, 1.165) is 4.90 Å². The normalized spacial score (nSPS) is 25.6. The number of benzene rings is 1. The molecular formula is C47H68N12O16S. The molecule has 11 amide bonds. The number of unbranched alkanes of at least 4 members (excludes halogenated alkanes) is 2. The van der Waals surface area contributed by atoms with Crippen LogP contribution in [0.2, 0.25) is 0 Å². The number of phenols is 1. The zero-order valence-electron chi connectivity index (χ0n) is 42.5. The summed E-state index contributed by atoms with van der Waals surface area (Å²) in [6.45, 7) is 1.93. The van der Waals surface area contributed by atoms with Crippen LogP contribution in [-0.4, -0.2) is 189 Å². The first kappa shape index (κ1) is 59.6. The summed E-state index contributed by atoms with van der Waals surface area (Å²) in [5.41, 5.74) is 5.73. The van der Waals surface area contributed by atoms with Crippen LogP contribution in [-0.2, 0) is 70.3 Å². The van der Waals surface area contributed by atoms with Crippen molar-refractivity contribution in [2.45, 2.75) is 126 Å². The second kappa shape index (κ2) is 27.5. The average Bonchev–Trinajstić information content (AvgIpc) is 3.95. The number of amides is 11. The number of ether oxygens (including phenoxy) is 1. The van der Waals surface area contributed by atoms with Crippen molar-refractivity contribution in [2.75, 3.05) is 45.6 Å². The van der Waals surface area contributed by atoms with Crippen LogP contribution in [0.25, 0.3) is 10.9 Å². The van der Waals surface area contributed by atoms with Gasteiger partial charge in [-0.1, -0.05) is 33.6 Å². The van der Waals surface area contributed by atoms with E-state index in [9.17, 15) is 72.6 Å². The fourth-order valence-electron chi connectivity index (χ4n) is 8.80. The summed E-state index contributed by atoms with van der Waals surface area (Å²) in [7, 11) is 1.52. The first-order chi connectivity index (χ1) is 36.0. The Hall–Kier alpha value is -7.24. The van der Waals surface area contributed by atoms with E-state index in [1.165, 1.54) is 32.2 Å². The van der Waals surface area contributed by atoms with E-state index in [2.05, 4.69) is 52.8 Å². The maximum absolute atomic E-state index is 14.9. The standard InChI is InChI=1S/C47H68N12O16S/c1-5-22(2)38-43(70)52-17-36(65)53-31-21-76(74)45-27(26-11-10-24(60)13-28(26)56-45)15-29(40(67)51-18-37(66)57-38)54-44(71)39(23(3)33(62)20-75-47(73)50-12-8-6-7-9-35(64)49-4)58-42(69)32-14-25(61)19-59(32)46(72)30(16-34(48)63)55-41(31)68/h10-11,13,22-23,25,29-33,38-39,56,60-62H,5-9,12,14-21H2,1-4H3,(H2,48,63)(H,49,64)(H,50,73)(H,51,67)(H,52,70)(H,53,65)(H,54,71)(H,55,68)(H,57,66)(H,58,69). The number of nitrogens with zero attached hydrogens (tertiary/aromatic N) is 1. The molecule has 29 heteroatoms. The predicted octanol–water partition coefficient (Wildman–Crippen LogP) is -4.88. The molecule has 1 saturated heterocycles. The number of phenolic OH excluding ortho intramolecular Hbond substituents is 1. The Kier molecular flexibility index (Phi) is 21.6. The molecule has 5 rings (SSSR count). The smallest absolute Gasteiger partial charge is 0.407 e. The second-order valence-electron chi connectivity index (χ2n) is 19.0. The number of aromatic nitrogens is 1. The van der Waals surface area contributed by atoms with Crippen molar-refractivity contribution in [3.63, 3.8) is 0 Å². The fourth-order valence-corrected chi connectivity index (χ4v) is 10.2. The maximum Gasteiger partial charge on any atom is 0.407 e. The minimum Gasteiger partial charge on any atom is -0.610 e. The lowest BCUT2D eigenvalue weighted by atomic mass is 9.93. The molecule has 1 aromatic carbocycles. The van der Waals surface area contributed by atoms with Crippen molar-refractivity contribution in [2.24, 2.45) is 17.6 Å². The van der Waals surface area contributed by atoms with Crippen molar-refractivity contribution < 1.29 is 77.3 Å². The van der Waals surface area contributed by atoms with Gasteiger partial charge in [-0.2, -0.15) is 0 Å². The summed E-state index contributed by atoms with van der Waals surface area (Å²) in [4.78, 5) is 154. The summed E-state index contributed by atoms with van der Waals surface area (Å²) in [6.07, 6.45) is -3.73. The Morgan fingerprint density at radius 1 is 0.882 bits per heavy atom. The quantitative estimate of drug-likeness (QED) is 0.0623. The Bertz CT molecular complexity index is 2510. The van der Waals surface area contributed by atoms with Crippen LogP contribution in [0.1, 0.15) is 71.3 Å². The molecule has 0 spiro atoms. The number of aliphatic hydroxyl groups excluding tert-OH is 2. The van der Waals surface area contributed by atoms with Gasteiger partial charge in [0.25, 0.3) is 0 Å². The number of fused-ring (bicyclic) bond motifs is 5. The highest BCUT2D eigenvalue weighted by Gasteiger charge is 2.45. The number of H-pyrrole nitrogens is 1. The molecule has 418 valence electrons. The molecule has 1 aromatic heterocycles. The summed E-state index contributed by atoms with van der Waals surface area (Å²) in [6, 6.07) is -6.36. The van der Waals surface area contributed by atoms with Gasteiger partial charge in [0.05, 0.1) is 37.2 Å². The van der Waals surface area contributed by atoms with Crippen molar-refractivity contribution >= 4 is 87.2 Å². The third-order valence-electron chi connectivity index (χ3n) is 13.4. The van der Waals surface area contributed by atoms with Gasteiger partial charge in [-0.15, -0.1) is 0 Å². The number of aliphatic hydroxyl groups is 2. The second-order valence-corrected chi connectivity index (χ2v) is 20.4. The first-order valence-electron chi connectivity index (χ1n) is 24.8. The number of carbonyl (C=O) groups excluding carboxylic acids is 11. The minimum atomic E-state index is -2.43. The Labute approximate surface area is 439 Å². The number of nitrogens with one attached hydrogen (secondary N) is 10. The summed E-state index contributed by atoms with van der Waals surface area (Å²) in [5, 5.41) is 55.0. The highest BCUT2D eigenvalue weighted by Crippen LogP contribution is 2.31. The zero-order valence-corrected chi connectivity index (χ0v) is 43.3. The lowest BCUT2D eigenvalue weighted by molar-refractivity contribution is -0.144. The van der Waals surface area contributed by atoms with Gasteiger partial charge in [0.2, 0.25) is 64.1 Å². The molecule has 0 radical (unpaired) electrons. The van der Waals surface area contributed by atoms with Crippen LogP contribution in [0, 0.1) is 11.8 Å². The van der Waals surface area contributed by atoms with E-state index in [4.69, 9.17) is 10.5 Å². The molecule has 2 bridgehead atoms. The lowest BCUT2D eigenvalue weighted by Gasteiger charge is -2.33. The Balaban J connectivity index is 1.62. The van der Waals surface area contributed by atoms with E-state index >= 15 is 0 Å². The van der Waals surface area contributed by atoms with Crippen LogP contribution in [0.4, 0.5) is 4.79 Å². The number of aromatic amines is 1. The third kappa shape index (κ3) is 16.1. The van der Waals surface area contributed by atoms with E-state index in [0.29, 0.717) is 32.1 Å². The maximum atomic E-state index is 14.9. The first-order valence-corrected chi connectivity index (χ1v) is 26.2. The molecule has 0 saturated carbocycles. The van der Waals surface area contributed by atoms with E-state index in [-0.39, 0.29) is 39.7 Å². The van der Waals surface area contributed by atoms with Crippen LogP contribution < -0.4 is 53.6 Å². The largest absolute Gasteiger partial charge is 0.610 e. The number of hydrogen-bond acceptors (Lipinski definition) is 16. The Morgan fingerprint density at radius 3 is 2.26 bits per heavy atom. The molecule has 3 aliphatic rings. The van der Waals surface area contributed by atoms with Crippen molar-refractivity contribution in [1.82, 2.24) is 57.7 Å². The van der Waals surface area contributed by atoms with Crippen molar-refractivity contribution in [1.29, 1.82) is 0 Å². The number of aromatic hydroxyl groups is 1. The monoisotopic (exact) mass is 1090 g/mol. The van der Waals surface area contributed by atoms with Gasteiger partial charge in [-0.05, 0) is 30.9 Å². The average molecular weight is 1090 g/mol. The van der Waals surface area contributed by atoms with Gasteiger partial charge in [-0.25, -0.2) is 4.79 Å². The topological polar surface area (TPSA) is 434 Å². The number of hydrogen-bond donors (Lipinski definition) is 14. The number of primary amides is 1. The molecule has 11 atom stereocenters. The number of alkyl carbamates (subject to hydrolysis) is 1. The highest BCUT2D eigenvalue weighted by molar-refractivity contribution is 7.91. The molecule has 2 aromatic rings. The Morgan fingerprint density at radius 2 is 1.58 bits per heavy atom. The lowest BCUT2D eigenvalue weighted by Crippen LogP contribution is -2.62. The molecule has 1 fully saturated rings.